The highest BCUT2D eigenvalue weighted by Crippen LogP contribution is 2.38. The summed E-state index contributed by atoms with van der Waals surface area (Å²) in [4.78, 5) is 37.3. The molecule has 2 N–H and O–H groups in total. The van der Waals surface area contributed by atoms with Gasteiger partial charge in [-0.3, -0.25) is 14.5 Å². The van der Waals surface area contributed by atoms with Gasteiger partial charge in [0, 0.05) is 26.1 Å². The fraction of sp³-hybridized carbons (Fsp3) is 0.842. The van der Waals surface area contributed by atoms with Gasteiger partial charge < -0.3 is 20.1 Å². The predicted octanol–water partition coefficient (Wildman–Crippen LogP) is 0.806. The Balaban J connectivity index is 0.000000339. The molecule has 0 aromatic rings. The standard InChI is InChI=1S/C17H26FN3O3.C2HF3O2/c1-19-15(22)14-7-24-17(8-20(14)6-11-2-3-11)9-21(10-17)16(23)12-4-13(18)5-12;3-2(4,5)1(6)7/h11-14H,2-10H2,1H3,(H,19,22);(H,6,7). The summed E-state index contributed by atoms with van der Waals surface area (Å²) in [5.74, 6) is -2.13. The molecule has 0 aromatic heterocycles. The van der Waals surface area contributed by atoms with Gasteiger partial charge in [0.25, 0.3) is 0 Å². The van der Waals surface area contributed by atoms with Crippen molar-refractivity contribution in [3.8, 4) is 0 Å². The monoisotopic (exact) mass is 453 g/mol. The van der Waals surface area contributed by atoms with Gasteiger partial charge in [-0.05, 0) is 31.6 Å². The van der Waals surface area contributed by atoms with E-state index in [1.807, 2.05) is 0 Å². The van der Waals surface area contributed by atoms with Crippen molar-refractivity contribution in [2.75, 3.05) is 39.8 Å². The van der Waals surface area contributed by atoms with Gasteiger partial charge in [-0.15, -0.1) is 0 Å². The molecule has 2 amide bonds. The number of carboxylic acids is 1. The second-order valence-corrected chi connectivity index (χ2v) is 8.76. The van der Waals surface area contributed by atoms with Gasteiger partial charge in [0.1, 0.15) is 17.8 Å². The zero-order chi connectivity index (χ0) is 23.0. The lowest BCUT2D eigenvalue weighted by molar-refractivity contribution is -0.207. The molecule has 0 radical (unpaired) electrons. The molecule has 1 atom stereocenters. The van der Waals surface area contributed by atoms with Crippen molar-refractivity contribution in [3.63, 3.8) is 0 Å². The number of morpholine rings is 1. The third-order valence-corrected chi connectivity index (χ3v) is 6.16. The van der Waals surface area contributed by atoms with Crippen LogP contribution in [0, 0.1) is 11.8 Å². The molecule has 1 spiro atoms. The smallest absolute Gasteiger partial charge is 0.475 e. The van der Waals surface area contributed by atoms with Crippen LogP contribution in [0.3, 0.4) is 0 Å². The molecule has 1 unspecified atom stereocenters. The Hall–Kier alpha value is -1.95. The number of alkyl halides is 4. The third kappa shape index (κ3) is 5.65. The summed E-state index contributed by atoms with van der Waals surface area (Å²) < 4.78 is 50.7. The van der Waals surface area contributed by atoms with Gasteiger partial charge >= 0.3 is 12.1 Å². The fourth-order valence-electron chi connectivity index (χ4n) is 4.12. The first-order chi connectivity index (χ1) is 14.4. The zero-order valence-corrected chi connectivity index (χ0v) is 17.2. The average molecular weight is 453 g/mol. The lowest BCUT2D eigenvalue weighted by Crippen LogP contribution is -2.74. The summed E-state index contributed by atoms with van der Waals surface area (Å²) in [7, 11) is 1.66. The zero-order valence-electron chi connectivity index (χ0n) is 17.2. The van der Waals surface area contributed by atoms with E-state index in [0.717, 1.165) is 6.54 Å². The topological polar surface area (TPSA) is 99.2 Å². The van der Waals surface area contributed by atoms with Crippen molar-refractivity contribution in [3.05, 3.63) is 0 Å². The van der Waals surface area contributed by atoms with E-state index in [2.05, 4.69) is 10.2 Å². The minimum absolute atomic E-state index is 0.00112. The largest absolute Gasteiger partial charge is 0.490 e. The highest BCUT2D eigenvalue weighted by molar-refractivity contribution is 5.82. The first-order valence-corrected chi connectivity index (χ1v) is 10.3. The molecule has 0 aromatic carbocycles. The molecular weight excluding hydrogens is 426 g/mol. The van der Waals surface area contributed by atoms with Crippen LogP contribution < -0.4 is 5.32 Å². The molecule has 4 rings (SSSR count). The molecule has 8 nitrogen and oxygen atoms in total. The van der Waals surface area contributed by atoms with Crippen LogP contribution in [0.2, 0.25) is 0 Å². The molecule has 2 aliphatic heterocycles. The van der Waals surface area contributed by atoms with Gasteiger partial charge in [-0.1, -0.05) is 0 Å². The molecule has 4 fully saturated rings. The van der Waals surface area contributed by atoms with Gasteiger partial charge in [0.05, 0.1) is 19.7 Å². The minimum atomic E-state index is -5.08. The Morgan fingerprint density at radius 1 is 1.16 bits per heavy atom. The Labute approximate surface area is 176 Å². The number of aliphatic carboxylic acids is 1. The highest BCUT2D eigenvalue weighted by Gasteiger charge is 2.54. The Morgan fingerprint density at radius 2 is 1.74 bits per heavy atom. The Bertz CT molecular complexity index is 703. The number of carbonyl (C=O) groups is 3. The van der Waals surface area contributed by atoms with E-state index in [-0.39, 0.29) is 29.4 Å². The molecule has 12 heteroatoms. The molecule has 2 heterocycles. The predicted molar refractivity (Wildman–Crippen MR) is 98.7 cm³/mol. The lowest BCUT2D eigenvalue weighted by Gasteiger charge is -2.56. The van der Waals surface area contributed by atoms with Gasteiger partial charge in [-0.2, -0.15) is 13.2 Å². The maximum atomic E-state index is 13.0. The first-order valence-electron chi connectivity index (χ1n) is 10.3. The maximum Gasteiger partial charge on any atom is 0.490 e. The number of rotatable bonds is 4. The van der Waals surface area contributed by atoms with Crippen molar-refractivity contribution in [1.82, 2.24) is 15.1 Å². The summed E-state index contributed by atoms with van der Waals surface area (Å²) in [6.45, 7) is 3.15. The summed E-state index contributed by atoms with van der Waals surface area (Å²) >= 11 is 0. The number of ether oxygens (including phenoxy) is 1. The van der Waals surface area contributed by atoms with E-state index in [1.165, 1.54) is 12.8 Å². The summed E-state index contributed by atoms with van der Waals surface area (Å²) in [5, 5.41) is 9.85. The highest BCUT2D eigenvalue weighted by atomic mass is 19.4. The molecular formula is C19H27F4N3O5. The summed E-state index contributed by atoms with van der Waals surface area (Å²) in [6, 6.07) is -0.232. The van der Waals surface area contributed by atoms with Crippen LogP contribution in [-0.2, 0) is 19.1 Å². The third-order valence-electron chi connectivity index (χ3n) is 6.16. The van der Waals surface area contributed by atoms with Gasteiger partial charge in [0.2, 0.25) is 11.8 Å². The fourth-order valence-corrected chi connectivity index (χ4v) is 4.12. The van der Waals surface area contributed by atoms with E-state index in [1.54, 1.807) is 11.9 Å². The Morgan fingerprint density at radius 3 is 2.19 bits per heavy atom. The van der Waals surface area contributed by atoms with E-state index < -0.39 is 18.3 Å². The van der Waals surface area contributed by atoms with Crippen LogP contribution in [0.15, 0.2) is 0 Å². The van der Waals surface area contributed by atoms with Crippen molar-refractivity contribution in [1.29, 1.82) is 0 Å². The number of halogens is 4. The maximum absolute atomic E-state index is 13.0. The van der Waals surface area contributed by atoms with E-state index in [4.69, 9.17) is 14.6 Å². The number of carbonyl (C=O) groups excluding carboxylic acids is 2. The van der Waals surface area contributed by atoms with Crippen molar-refractivity contribution >= 4 is 17.8 Å². The summed E-state index contributed by atoms with van der Waals surface area (Å²) in [6.07, 6.45) is -2.67. The van der Waals surface area contributed by atoms with E-state index in [0.29, 0.717) is 45.0 Å². The second-order valence-electron chi connectivity index (χ2n) is 8.76. The number of hydrogen-bond acceptors (Lipinski definition) is 5. The van der Waals surface area contributed by atoms with Crippen molar-refractivity contribution < 1.29 is 41.8 Å². The van der Waals surface area contributed by atoms with Crippen LogP contribution in [0.25, 0.3) is 0 Å². The van der Waals surface area contributed by atoms with Crippen LogP contribution in [0.1, 0.15) is 25.7 Å². The molecule has 2 saturated carbocycles. The normalized spacial score (nSPS) is 29.8. The van der Waals surface area contributed by atoms with E-state index in [9.17, 15) is 27.2 Å². The lowest BCUT2D eigenvalue weighted by atomic mass is 9.80. The molecule has 2 aliphatic carbocycles. The second kappa shape index (κ2) is 8.89. The van der Waals surface area contributed by atoms with Crippen molar-refractivity contribution in [2.24, 2.45) is 11.8 Å². The number of nitrogens with one attached hydrogen (secondary N) is 1. The molecule has 0 bridgehead atoms. The van der Waals surface area contributed by atoms with Crippen LogP contribution in [0.5, 0.6) is 0 Å². The number of likely N-dealkylation sites (tertiary alicyclic amines) is 1. The van der Waals surface area contributed by atoms with E-state index >= 15 is 0 Å². The number of carboxylic acid groups (broad SMARTS) is 1. The quantitative estimate of drug-likeness (QED) is 0.612. The molecule has 2 saturated heterocycles. The van der Waals surface area contributed by atoms with Crippen LogP contribution >= 0.6 is 0 Å². The number of amides is 2. The minimum Gasteiger partial charge on any atom is -0.475 e. The Kier molecular flexibility index (Phi) is 6.80. The number of likely N-dealkylation sites (N-methyl/N-ethyl adjacent to an activating group) is 1. The molecule has 176 valence electrons. The van der Waals surface area contributed by atoms with Crippen LogP contribution in [-0.4, -0.2) is 96.5 Å². The summed E-state index contributed by atoms with van der Waals surface area (Å²) in [5.41, 5.74) is -0.339. The first kappa shape index (κ1) is 23.7. The number of hydrogen-bond donors (Lipinski definition) is 2. The SMILES string of the molecule is CNC(=O)C1COC2(CN(C(=O)C3CC(F)C3)C2)CN1CC1CC1.O=C(O)C(F)(F)F. The average Bonchev–Trinajstić information content (AvgIpc) is 3.46. The number of nitrogens with zero attached hydrogens (tertiary/aromatic N) is 2. The van der Waals surface area contributed by atoms with Crippen LogP contribution in [0.4, 0.5) is 17.6 Å². The molecule has 31 heavy (non-hydrogen) atoms. The van der Waals surface area contributed by atoms with Crippen molar-refractivity contribution in [2.45, 2.75) is 49.7 Å². The van der Waals surface area contributed by atoms with Gasteiger partial charge in [0.15, 0.2) is 0 Å². The molecule has 4 aliphatic rings. The van der Waals surface area contributed by atoms with Gasteiger partial charge in [-0.25, -0.2) is 9.18 Å².